The highest BCUT2D eigenvalue weighted by atomic mass is 16.5. The summed E-state index contributed by atoms with van der Waals surface area (Å²) in [4.78, 5) is 12.4. The van der Waals surface area contributed by atoms with Gasteiger partial charge in [-0.2, -0.15) is 0 Å². The normalized spacial score (nSPS) is 14.2. The lowest BCUT2D eigenvalue weighted by atomic mass is 10.1. The quantitative estimate of drug-likeness (QED) is 0.906. The van der Waals surface area contributed by atoms with Crippen LogP contribution in [0.2, 0.25) is 0 Å². The molecule has 114 valence electrons. The number of fused-ring (bicyclic) bond motifs is 1. The Morgan fingerprint density at radius 3 is 2.68 bits per heavy atom. The predicted molar refractivity (Wildman–Crippen MR) is 88.2 cm³/mol. The molecule has 0 aliphatic heterocycles. The summed E-state index contributed by atoms with van der Waals surface area (Å²) < 4.78 is 5.78. The van der Waals surface area contributed by atoms with Crippen molar-refractivity contribution in [3.8, 4) is 5.75 Å². The molecule has 0 aromatic heterocycles. The van der Waals surface area contributed by atoms with Crippen LogP contribution in [-0.4, -0.2) is 12.0 Å². The Labute approximate surface area is 131 Å². The van der Waals surface area contributed by atoms with E-state index in [4.69, 9.17) is 4.74 Å². The van der Waals surface area contributed by atoms with Crippen LogP contribution in [-0.2, 0) is 17.6 Å². The summed E-state index contributed by atoms with van der Waals surface area (Å²) in [6.45, 7) is 1.95. The number of aryl methyl sites for hydroxylation is 2. The lowest BCUT2D eigenvalue weighted by Crippen LogP contribution is -2.32. The van der Waals surface area contributed by atoms with Crippen molar-refractivity contribution < 1.29 is 9.53 Å². The van der Waals surface area contributed by atoms with Gasteiger partial charge in [0.2, 0.25) is 0 Å². The zero-order valence-corrected chi connectivity index (χ0v) is 12.8. The Morgan fingerprint density at radius 1 is 1.14 bits per heavy atom. The Morgan fingerprint density at radius 2 is 1.91 bits per heavy atom. The summed E-state index contributed by atoms with van der Waals surface area (Å²) in [7, 11) is 0. The molecule has 2 aromatic carbocycles. The molecule has 3 heteroatoms. The number of hydrogen-bond acceptors (Lipinski definition) is 2. The van der Waals surface area contributed by atoms with Gasteiger partial charge in [-0.1, -0.05) is 31.2 Å². The van der Waals surface area contributed by atoms with Gasteiger partial charge in [-0.25, -0.2) is 0 Å². The fourth-order valence-electron chi connectivity index (χ4n) is 2.86. The number of ether oxygens (including phenoxy) is 1. The number of amides is 1. The Kier molecular flexibility index (Phi) is 4.42. The molecular weight excluding hydrogens is 274 g/mol. The van der Waals surface area contributed by atoms with Gasteiger partial charge >= 0.3 is 0 Å². The lowest BCUT2D eigenvalue weighted by Gasteiger charge is -2.17. The molecule has 0 radical (unpaired) electrons. The molecule has 0 unspecified atom stereocenters. The molecule has 1 N–H and O–H groups in total. The summed E-state index contributed by atoms with van der Waals surface area (Å²) in [6, 6.07) is 15.7. The second kappa shape index (κ2) is 6.65. The van der Waals surface area contributed by atoms with Gasteiger partial charge in [0.1, 0.15) is 5.75 Å². The van der Waals surface area contributed by atoms with Crippen molar-refractivity contribution in [2.45, 2.75) is 38.7 Å². The van der Waals surface area contributed by atoms with Crippen molar-refractivity contribution in [1.29, 1.82) is 0 Å². The van der Waals surface area contributed by atoms with Gasteiger partial charge in [0.25, 0.3) is 5.91 Å². The van der Waals surface area contributed by atoms with Gasteiger partial charge in [0.05, 0.1) is 0 Å². The fraction of sp³-hybridized carbons (Fsp3) is 0.316. The van der Waals surface area contributed by atoms with E-state index in [9.17, 15) is 4.79 Å². The van der Waals surface area contributed by atoms with E-state index in [0.717, 1.165) is 24.3 Å². The van der Waals surface area contributed by atoms with Crippen LogP contribution in [0.3, 0.4) is 0 Å². The molecule has 0 saturated carbocycles. The first kappa shape index (κ1) is 14.6. The van der Waals surface area contributed by atoms with E-state index < -0.39 is 6.10 Å². The molecule has 3 nitrogen and oxygen atoms in total. The highest BCUT2D eigenvalue weighted by Gasteiger charge is 2.19. The molecule has 0 spiro atoms. The maximum atomic E-state index is 12.4. The zero-order chi connectivity index (χ0) is 15.4. The number of nitrogens with one attached hydrogen (secondary N) is 1. The van der Waals surface area contributed by atoms with Crippen molar-refractivity contribution in [2.24, 2.45) is 0 Å². The molecule has 0 saturated heterocycles. The zero-order valence-electron chi connectivity index (χ0n) is 12.8. The van der Waals surface area contributed by atoms with Crippen molar-refractivity contribution >= 4 is 11.6 Å². The topological polar surface area (TPSA) is 38.3 Å². The Balaban J connectivity index is 1.67. The van der Waals surface area contributed by atoms with Crippen molar-refractivity contribution in [1.82, 2.24) is 0 Å². The smallest absolute Gasteiger partial charge is 0.265 e. The predicted octanol–water partition coefficient (Wildman–Crippen LogP) is 3.97. The van der Waals surface area contributed by atoms with Crippen molar-refractivity contribution in [3.63, 3.8) is 0 Å². The van der Waals surface area contributed by atoms with Crippen LogP contribution >= 0.6 is 0 Å². The summed E-state index contributed by atoms with van der Waals surface area (Å²) in [5.74, 6) is 0.628. The maximum Gasteiger partial charge on any atom is 0.265 e. The second-order valence-corrected chi connectivity index (χ2v) is 5.65. The molecule has 22 heavy (non-hydrogen) atoms. The van der Waals surface area contributed by atoms with Crippen LogP contribution in [0.5, 0.6) is 5.75 Å². The second-order valence-electron chi connectivity index (χ2n) is 5.65. The van der Waals surface area contributed by atoms with E-state index in [1.165, 1.54) is 17.5 Å². The third-order valence-electron chi connectivity index (χ3n) is 4.05. The lowest BCUT2D eigenvalue weighted by molar-refractivity contribution is -0.122. The van der Waals surface area contributed by atoms with E-state index >= 15 is 0 Å². The molecule has 1 atom stereocenters. The third-order valence-corrected chi connectivity index (χ3v) is 4.05. The first-order chi connectivity index (χ1) is 10.8. The number of hydrogen-bond donors (Lipinski definition) is 1. The average Bonchev–Trinajstić information content (AvgIpc) is 3.01. The van der Waals surface area contributed by atoms with Crippen LogP contribution in [0.1, 0.15) is 30.9 Å². The van der Waals surface area contributed by atoms with Crippen LogP contribution in [0.15, 0.2) is 48.5 Å². The largest absolute Gasteiger partial charge is 0.481 e. The van der Waals surface area contributed by atoms with Gasteiger partial charge in [0.15, 0.2) is 6.10 Å². The van der Waals surface area contributed by atoms with E-state index in [2.05, 4.69) is 17.4 Å². The number of para-hydroxylation sites is 1. The van der Waals surface area contributed by atoms with Gasteiger partial charge in [-0.05, 0) is 61.1 Å². The summed E-state index contributed by atoms with van der Waals surface area (Å²) in [5, 5.41) is 2.98. The minimum absolute atomic E-state index is 0.0932. The summed E-state index contributed by atoms with van der Waals surface area (Å²) >= 11 is 0. The van der Waals surface area contributed by atoms with Crippen molar-refractivity contribution in [3.05, 3.63) is 59.7 Å². The summed E-state index contributed by atoms with van der Waals surface area (Å²) in [6.07, 6.45) is 3.62. The number of carbonyl (C=O) groups is 1. The molecule has 0 heterocycles. The number of benzene rings is 2. The number of rotatable bonds is 5. The molecule has 3 rings (SSSR count). The van der Waals surface area contributed by atoms with Gasteiger partial charge in [-0.3, -0.25) is 4.79 Å². The highest BCUT2D eigenvalue weighted by molar-refractivity contribution is 5.94. The molecule has 1 amide bonds. The molecule has 2 aromatic rings. The average molecular weight is 295 g/mol. The summed E-state index contributed by atoms with van der Waals surface area (Å²) in [5.41, 5.74) is 3.63. The van der Waals surface area contributed by atoms with Crippen LogP contribution in [0.4, 0.5) is 5.69 Å². The van der Waals surface area contributed by atoms with E-state index in [0.29, 0.717) is 6.42 Å². The maximum absolute atomic E-state index is 12.4. The molecule has 0 fully saturated rings. The molecule has 0 bridgehead atoms. The van der Waals surface area contributed by atoms with E-state index in [-0.39, 0.29) is 5.91 Å². The molecule has 1 aliphatic carbocycles. The SMILES string of the molecule is CC[C@H](Oc1ccccc1)C(=O)Nc1ccc2c(c1)CCC2. The first-order valence-electron chi connectivity index (χ1n) is 7.90. The van der Waals surface area contributed by atoms with Gasteiger partial charge in [0, 0.05) is 5.69 Å². The van der Waals surface area contributed by atoms with Gasteiger partial charge in [-0.15, -0.1) is 0 Å². The van der Waals surface area contributed by atoms with Crippen LogP contribution < -0.4 is 10.1 Å². The fourth-order valence-corrected chi connectivity index (χ4v) is 2.86. The molecule has 1 aliphatic rings. The number of anilines is 1. The van der Waals surface area contributed by atoms with Crippen LogP contribution in [0.25, 0.3) is 0 Å². The van der Waals surface area contributed by atoms with E-state index in [1.54, 1.807) is 0 Å². The molecular formula is C19H21NO2. The first-order valence-corrected chi connectivity index (χ1v) is 7.90. The van der Waals surface area contributed by atoms with Crippen molar-refractivity contribution in [2.75, 3.05) is 5.32 Å². The Hall–Kier alpha value is -2.29. The number of carbonyl (C=O) groups excluding carboxylic acids is 1. The monoisotopic (exact) mass is 295 g/mol. The van der Waals surface area contributed by atoms with Gasteiger partial charge < -0.3 is 10.1 Å². The highest BCUT2D eigenvalue weighted by Crippen LogP contribution is 2.25. The Bertz CT molecular complexity index is 652. The van der Waals surface area contributed by atoms with E-state index in [1.807, 2.05) is 43.3 Å². The van der Waals surface area contributed by atoms with Crippen LogP contribution in [0, 0.1) is 0 Å². The minimum Gasteiger partial charge on any atom is -0.481 e. The minimum atomic E-state index is -0.476. The third kappa shape index (κ3) is 3.30. The standard InChI is InChI=1S/C19H21NO2/c1-2-18(22-17-9-4-3-5-10-17)19(21)20-16-12-11-14-7-6-8-15(14)13-16/h3-5,9-13,18H,2,6-8H2,1H3,(H,20,21)/t18-/m0/s1.